The van der Waals surface area contributed by atoms with Gasteiger partial charge in [0.05, 0.1) is 6.61 Å². The van der Waals surface area contributed by atoms with E-state index in [1.807, 2.05) is 0 Å². The number of aliphatic hydroxyl groups excluding tert-OH is 2. The Hall–Kier alpha value is -3.06. The Labute approximate surface area is 406 Å². The van der Waals surface area contributed by atoms with Gasteiger partial charge in [0.25, 0.3) is 0 Å². The lowest BCUT2D eigenvalue weighted by Crippen LogP contribution is -2.61. The molecule has 0 radical (unpaired) electrons. The van der Waals surface area contributed by atoms with Crippen LogP contribution in [-0.2, 0) is 42.9 Å². The van der Waals surface area contributed by atoms with Crippen molar-refractivity contribution < 1.29 is 58.2 Å². The van der Waals surface area contributed by atoms with Crippen molar-refractivity contribution in [3.63, 3.8) is 0 Å². The van der Waals surface area contributed by atoms with Crippen molar-refractivity contribution in [2.45, 2.75) is 276 Å². The number of carboxylic acids is 1. The van der Waals surface area contributed by atoms with Crippen molar-refractivity contribution in [2.24, 2.45) is 0 Å². The van der Waals surface area contributed by atoms with Crippen LogP contribution in [0, 0.1) is 0 Å². The van der Waals surface area contributed by atoms with Gasteiger partial charge in [-0.2, -0.15) is 0 Å². The van der Waals surface area contributed by atoms with Gasteiger partial charge < -0.3 is 39.0 Å². The van der Waals surface area contributed by atoms with E-state index in [0.717, 1.165) is 109 Å². The molecule has 6 unspecified atom stereocenters. The Morgan fingerprint density at radius 3 is 1.43 bits per heavy atom. The van der Waals surface area contributed by atoms with Crippen LogP contribution in [0.4, 0.5) is 0 Å². The minimum absolute atomic E-state index is 0.0459. The molecule has 0 aromatic carbocycles. The maximum absolute atomic E-state index is 13.1. The normalized spacial score (nSPS) is 19.1. The van der Waals surface area contributed by atoms with Crippen molar-refractivity contribution in [1.29, 1.82) is 0 Å². The molecule has 1 aliphatic rings. The second-order valence-corrected chi connectivity index (χ2v) is 18.5. The molecule has 67 heavy (non-hydrogen) atoms. The number of esters is 3. The zero-order valence-electron chi connectivity index (χ0n) is 42.4. The van der Waals surface area contributed by atoms with Crippen LogP contribution in [-0.4, -0.2) is 89.2 Å². The first kappa shape index (κ1) is 62.0. The molecule has 12 nitrogen and oxygen atoms in total. The predicted molar refractivity (Wildman–Crippen MR) is 266 cm³/mol. The molecule has 6 atom stereocenters. The van der Waals surface area contributed by atoms with E-state index in [2.05, 4.69) is 57.2 Å². The van der Waals surface area contributed by atoms with E-state index in [1.165, 1.54) is 70.6 Å². The summed E-state index contributed by atoms with van der Waals surface area (Å²) in [4.78, 5) is 50.8. The average Bonchev–Trinajstić information content (AvgIpc) is 3.31. The van der Waals surface area contributed by atoms with E-state index in [0.29, 0.717) is 19.3 Å². The fraction of sp³-hybridized carbons (Fsp3) is 0.818. The summed E-state index contributed by atoms with van der Waals surface area (Å²) in [5, 5.41) is 31.3. The summed E-state index contributed by atoms with van der Waals surface area (Å²) in [7, 11) is 0. The van der Waals surface area contributed by atoms with Crippen LogP contribution < -0.4 is 0 Å². The second kappa shape index (κ2) is 44.2. The third-order valence-corrected chi connectivity index (χ3v) is 12.2. The number of unbranched alkanes of at least 4 members (excludes halogenated alkanes) is 25. The number of allylic oxidation sites excluding steroid dienone is 6. The SMILES string of the molecule is CCC/C=C\C/C=C\CCCCCCCC(=O)OC1C(OCC(COC(=O)CCCCCCC/C=C\CCCCCC)OC(=O)CCCCCCCCCCCCC)OC(C(=O)O)C(O)C1O. The van der Waals surface area contributed by atoms with Gasteiger partial charge >= 0.3 is 23.9 Å². The standard InChI is InChI=1S/C55H96O12/c1-4-7-10-13-16-19-22-24-27-29-32-35-38-41-47(56)63-44-46(65-48(57)42-39-36-33-30-26-21-18-15-12-9-6-3)45-64-55-53(51(60)50(59)52(67-55)54(61)62)66-49(58)43-40-37-34-31-28-25-23-20-17-14-11-8-5-2/h11,14,19-20,22-23,46,50-53,55,59-60H,4-10,12-13,15-18,21,24-45H2,1-3H3,(H,61,62)/b14-11-,22-19-,23-20-. The molecule has 1 aliphatic heterocycles. The van der Waals surface area contributed by atoms with Crippen molar-refractivity contribution in [2.75, 3.05) is 13.2 Å². The Bertz CT molecular complexity index is 1310. The Balaban J connectivity index is 2.73. The monoisotopic (exact) mass is 949 g/mol. The molecular formula is C55H96O12. The lowest BCUT2D eigenvalue weighted by molar-refractivity contribution is -0.301. The molecular weight excluding hydrogens is 853 g/mol. The molecule has 0 spiro atoms. The van der Waals surface area contributed by atoms with Crippen LogP contribution >= 0.6 is 0 Å². The van der Waals surface area contributed by atoms with Crippen LogP contribution in [0.1, 0.15) is 239 Å². The molecule has 0 aliphatic carbocycles. The maximum atomic E-state index is 13.1. The van der Waals surface area contributed by atoms with Gasteiger partial charge in [0.15, 0.2) is 24.6 Å². The summed E-state index contributed by atoms with van der Waals surface area (Å²) in [6.07, 6.45) is 37.0. The summed E-state index contributed by atoms with van der Waals surface area (Å²) in [5.74, 6) is -3.14. The number of carboxylic acid groups (broad SMARTS) is 1. The van der Waals surface area contributed by atoms with Gasteiger partial charge in [0.2, 0.25) is 0 Å². The lowest BCUT2D eigenvalue weighted by atomic mass is 9.98. The first-order valence-corrected chi connectivity index (χ1v) is 27.0. The molecule has 0 saturated carbocycles. The van der Waals surface area contributed by atoms with E-state index in [9.17, 15) is 34.5 Å². The quantitative estimate of drug-likeness (QED) is 0.0228. The zero-order chi connectivity index (χ0) is 49.0. The third kappa shape index (κ3) is 34.8. The van der Waals surface area contributed by atoms with E-state index >= 15 is 0 Å². The number of carbonyl (C=O) groups is 4. The fourth-order valence-electron chi connectivity index (χ4n) is 7.99. The van der Waals surface area contributed by atoms with Gasteiger partial charge in [-0.05, 0) is 70.6 Å². The number of aliphatic hydroxyl groups is 2. The topological polar surface area (TPSA) is 175 Å². The molecule has 1 heterocycles. The molecule has 12 heteroatoms. The van der Waals surface area contributed by atoms with E-state index in [1.54, 1.807) is 0 Å². The molecule has 1 saturated heterocycles. The third-order valence-electron chi connectivity index (χ3n) is 12.2. The van der Waals surface area contributed by atoms with Crippen molar-refractivity contribution in [3.05, 3.63) is 36.5 Å². The summed E-state index contributed by atoms with van der Waals surface area (Å²) in [6, 6.07) is 0. The molecule has 1 rings (SSSR count). The van der Waals surface area contributed by atoms with Gasteiger partial charge in [0, 0.05) is 19.3 Å². The van der Waals surface area contributed by atoms with Crippen LogP contribution in [0.5, 0.6) is 0 Å². The highest BCUT2D eigenvalue weighted by molar-refractivity contribution is 5.74. The summed E-state index contributed by atoms with van der Waals surface area (Å²) < 4.78 is 28.3. The molecule has 0 bridgehead atoms. The fourth-order valence-corrected chi connectivity index (χ4v) is 7.99. The number of hydrogen-bond acceptors (Lipinski definition) is 11. The first-order valence-electron chi connectivity index (χ1n) is 27.0. The number of hydrogen-bond donors (Lipinski definition) is 3. The Kier molecular flexibility index (Phi) is 40.8. The Morgan fingerprint density at radius 1 is 0.493 bits per heavy atom. The van der Waals surface area contributed by atoms with Crippen LogP contribution in [0.2, 0.25) is 0 Å². The molecule has 388 valence electrons. The maximum Gasteiger partial charge on any atom is 0.335 e. The van der Waals surface area contributed by atoms with Gasteiger partial charge in [-0.3, -0.25) is 14.4 Å². The number of rotatable bonds is 45. The van der Waals surface area contributed by atoms with Crippen molar-refractivity contribution in [1.82, 2.24) is 0 Å². The minimum atomic E-state index is -1.90. The number of aliphatic carboxylic acids is 1. The predicted octanol–water partition coefficient (Wildman–Crippen LogP) is 12.9. The highest BCUT2D eigenvalue weighted by atomic mass is 16.7. The Morgan fingerprint density at radius 2 is 0.925 bits per heavy atom. The lowest BCUT2D eigenvalue weighted by Gasteiger charge is -2.40. The van der Waals surface area contributed by atoms with Crippen molar-refractivity contribution in [3.8, 4) is 0 Å². The van der Waals surface area contributed by atoms with Gasteiger partial charge in [-0.15, -0.1) is 0 Å². The molecule has 0 aromatic heterocycles. The summed E-state index contributed by atoms with van der Waals surface area (Å²) in [6.45, 7) is 5.87. The van der Waals surface area contributed by atoms with E-state index < -0.39 is 67.3 Å². The second-order valence-electron chi connectivity index (χ2n) is 18.5. The molecule has 1 fully saturated rings. The number of carbonyl (C=O) groups excluding carboxylic acids is 3. The van der Waals surface area contributed by atoms with E-state index in [4.69, 9.17) is 23.7 Å². The van der Waals surface area contributed by atoms with Crippen LogP contribution in [0.15, 0.2) is 36.5 Å². The van der Waals surface area contributed by atoms with Crippen LogP contribution in [0.3, 0.4) is 0 Å². The molecule has 0 aromatic rings. The highest BCUT2D eigenvalue weighted by Gasteiger charge is 2.50. The summed E-state index contributed by atoms with van der Waals surface area (Å²) in [5.41, 5.74) is 0. The van der Waals surface area contributed by atoms with Gasteiger partial charge in [-0.1, -0.05) is 186 Å². The first-order chi connectivity index (χ1) is 32.6. The van der Waals surface area contributed by atoms with Crippen molar-refractivity contribution >= 4 is 23.9 Å². The smallest absolute Gasteiger partial charge is 0.335 e. The van der Waals surface area contributed by atoms with E-state index in [-0.39, 0.29) is 25.9 Å². The number of ether oxygens (including phenoxy) is 5. The average molecular weight is 949 g/mol. The van der Waals surface area contributed by atoms with Gasteiger partial charge in [0.1, 0.15) is 18.8 Å². The molecule has 3 N–H and O–H groups in total. The molecule has 0 amide bonds. The highest BCUT2D eigenvalue weighted by Crippen LogP contribution is 2.26. The van der Waals surface area contributed by atoms with Gasteiger partial charge in [-0.25, -0.2) is 4.79 Å². The zero-order valence-corrected chi connectivity index (χ0v) is 42.4. The summed E-state index contributed by atoms with van der Waals surface area (Å²) >= 11 is 0. The largest absolute Gasteiger partial charge is 0.479 e. The minimum Gasteiger partial charge on any atom is -0.479 e. The van der Waals surface area contributed by atoms with Crippen LogP contribution in [0.25, 0.3) is 0 Å².